The summed E-state index contributed by atoms with van der Waals surface area (Å²) in [6, 6.07) is 5.86. The van der Waals surface area contributed by atoms with Gasteiger partial charge in [0.15, 0.2) is 0 Å². The van der Waals surface area contributed by atoms with Gasteiger partial charge in [0.1, 0.15) is 11.4 Å². The molecular formula is C16H21BrO3. The molecule has 3 nitrogen and oxygen atoms in total. The molecule has 3 atom stereocenters. The van der Waals surface area contributed by atoms with Crippen molar-refractivity contribution in [2.75, 3.05) is 6.61 Å². The van der Waals surface area contributed by atoms with E-state index in [4.69, 9.17) is 9.47 Å². The molecule has 1 saturated heterocycles. The maximum absolute atomic E-state index is 10.5. The van der Waals surface area contributed by atoms with Crippen LogP contribution >= 0.6 is 15.9 Å². The Bertz CT molecular complexity index is 518. The largest absolute Gasteiger partial charge is 0.487 e. The number of benzene rings is 1. The number of rotatable bonds is 1. The summed E-state index contributed by atoms with van der Waals surface area (Å²) >= 11 is 3.45. The Morgan fingerprint density at radius 1 is 1.45 bits per heavy atom. The van der Waals surface area contributed by atoms with Gasteiger partial charge in [0, 0.05) is 29.3 Å². The van der Waals surface area contributed by atoms with Gasteiger partial charge < -0.3 is 14.6 Å². The average Bonchev–Trinajstić information content (AvgIpc) is 2.40. The Kier molecular flexibility index (Phi) is 3.59. The highest BCUT2D eigenvalue weighted by Crippen LogP contribution is 2.48. The van der Waals surface area contributed by atoms with Crippen molar-refractivity contribution in [1.29, 1.82) is 0 Å². The monoisotopic (exact) mass is 340 g/mol. The van der Waals surface area contributed by atoms with Crippen molar-refractivity contribution in [3.05, 3.63) is 28.2 Å². The van der Waals surface area contributed by atoms with Crippen LogP contribution in [-0.2, 0) is 4.74 Å². The summed E-state index contributed by atoms with van der Waals surface area (Å²) in [5.41, 5.74) is 0.448. The second-order valence-electron chi connectivity index (χ2n) is 6.27. The van der Waals surface area contributed by atoms with Crippen molar-refractivity contribution < 1.29 is 14.6 Å². The molecule has 1 aromatic carbocycles. The Hall–Kier alpha value is -0.580. The van der Waals surface area contributed by atoms with Crippen LogP contribution in [0.3, 0.4) is 0 Å². The number of halogens is 1. The van der Waals surface area contributed by atoms with Gasteiger partial charge in [-0.3, -0.25) is 0 Å². The molecule has 0 radical (unpaired) electrons. The highest BCUT2D eigenvalue weighted by atomic mass is 79.9. The van der Waals surface area contributed by atoms with E-state index in [0.29, 0.717) is 13.0 Å². The first-order valence-corrected chi connectivity index (χ1v) is 8.05. The van der Waals surface area contributed by atoms with Crippen LogP contribution in [-0.4, -0.2) is 22.9 Å². The third kappa shape index (κ3) is 2.49. The van der Waals surface area contributed by atoms with E-state index in [2.05, 4.69) is 29.8 Å². The van der Waals surface area contributed by atoms with Gasteiger partial charge in [0.25, 0.3) is 0 Å². The molecule has 2 aliphatic rings. The third-order valence-corrected chi connectivity index (χ3v) is 5.17. The molecule has 3 rings (SSSR count). The first-order chi connectivity index (χ1) is 9.45. The Balaban J connectivity index is 1.92. The molecule has 1 N–H and O–H groups in total. The van der Waals surface area contributed by atoms with Gasteiger partial charge in [-0.1, -0.05) is 22.9 Å². The zero-order valence-electron chi connectivity index (χ0n) is 12.0. The van der Waals surface area contributed by atoms with Crippen LogP contribution in [0.4, 0.5) is 0 Å². The highest BCUT2D eigenvalue weighted by molar-refractivity contribution is 9.10. The second-order valence-corrected chi connectivity index (χ2v) is 7.18. The Labute approximate surface area is 128 Å². The summed E-state index contributed by atoms with van der Waals surface area (Å²) < 4.78 is 13.2. The van der Waals surface area contributed by atoms with Crippen LogP contribution in [0.2, 0.25) is 0 Å². The van der Waals surface area contributed by atoms with Crippen molar-refractivity contribution in [3.63, 3.8) is 0 Å². The first kappa shape index (κ1) is 14.4. The predicted octanol–water partition coefficient (Wildman–Crippen LogP) is 3.98. The lowest BCUT2D eigenvalue weighted by atomic mass is 9.76. The number of aliphatic hydroxyl groups is 1. The minimum atomic E-state index is -0.463. The molecule has 0 aliphatic carbocycles. The van der Waals surface area contributed by atoms with Crippen LogP contribution in [0.25, 0.3) is 0 Å². The van der Waals surface area contributed by atoms with E-state index >= 15 is 0 Å². The third-order valence-electron chi connectivity index (χ3n) is 4.67. The predicted molar refractivity (Wildman–Crippen MR) is 81.0 cm³/mol. The van der Waals surface area contributed by atoms with E-state index in [1.54, 1.807) is 0 Å². The fraction of sp³-hybridized carbons (Fsp3) is 0.625. The van der Waals surface area contributed by atoms with E-state index in [9.17, 15) is 5.11 Å². The second kappa shape index (κ2) is 5.00. The van der Waals surface area contributed by atoms with Gasteiger partial charge in [-0.15, -0.1) is 0 Å². The van der Waals surface area contributed by atoms with Crippen LogP contribution in [0.15, 0.2) is 22.7 Å². The smallest absolute Gasteiger partial charge is 0.126 e. The fourth-order valence-electron chi connectivity index (χ4n) is 3.40. The fourth-order valence-corrected chi connectivity index (χ4v) is 3.78. The van der Waals surface area contributed by atoms with Crippen LogP contribution in [0, 0.1) is 0 Å². The Morgan fingerprint density at radius 3 is 3.00 bits per heavy atom. The molecule has 20 heavy (non-hydrogen) atoms. The van der Waals surface area contributed by atoms with Gasteiger partial charge in [-0.25, -0.2) is 0 Å². The number of ether oxygens (including phenoxy) is 2. The summed E-state index contributed by atoms with van der Waals surface area (Å²) in [5.74, 6) is 0.812. The van der Waals surface area contributed by atoms with Crippen molar-refractivity contribution in [2.24, 2.45) is 0 Å². The molecule has 1 spiro atoms. The maximum Gasteiger partial charge on any atom is 0.126 e. The summed E-state index contributed by atoms with van der Waals surface area (Å²) in [7, 11) is 0. The van der Waals surface area contributed by atoms with Crippen LogP contribution in [0.1, 0.15) is 51.2 Å². The molecule has 4 heteroatoms. The molecule has 1 aromatic rings. The topological polar surface area (TPSA) is 38.7 Å². The van der Waals surface area contributed by atoms with E-state index in [1.807, 2.05) is 18.2 Å². The van der Waals surface area contributed by atoms with Crippen molar-refractivity contribution in [2.45, 2.75) is 56.8 Å². The van der Waals surface area contributed by atoms with Crippen LogP contribution < -0.4 is 4.74 Å². The lowest BCUT2D eigenvalue weighted by molar-refractivity contribution is -0.160. The molecule has 2 unspecified atom stereocenters. The van der Waals surface area contributed by atoms with Gasteiger partial charge in [0.2, 0.25) is 0 Å². The van der Waals surface area contributed by atoms with Gasteiger partial charge >= 0.3 is 0 Å². The molecule has 2 heterocycles. The number of hydrogen-bond donors (Lipinski definition) is 1. The minimum absolute atomic E-state index is 0.148. The average molecular weight is 341 g/mol. The standard InChI is InChI=1S/C16H21BrO3/c1-3-15(2)10-16(6-7-19-15)9-13(18)12-8-11(17)4-5-14(12)20-16/h4-5,8,13,18H,3,6-7,9-10H2,1-2H3/t13-,15?,16?/m1/s1. The maximum atomic E-state index is 10.5. The normalized spacial score (nSPS) is 36.5. The zero-order valence-corrected chi connectivity index (χ0v) is 13.6. The molecular weight excluding hydrogens is 320 g/mol. The van der Waals surface area contributed by atoms with Crippen molar-refractivity contribution in [1.82, 2.24) is 0 Å². The van der Waals surface area contributed by atoms with Gasteiger partial charge in [0.05, 0.1) is 18.3 Å². The van der Waals surface area contributed by atoms with Crippen molar-refractivity contribution in [3.8, 4) is 5.75 Å². The van der Waals surface area contributed by atoms with E-state index in [1.165, 1.54) is 0 Å². The SMILES string of the molecule is CCC1(C)CC2(CCO1)C[C@@H](O)c1cc(Br)ccc1O2. The quantitative estimate of drug-likeness (QED) is 0.840. The van der Waals surface area contributed by atoms with E-state index in [0.717, 1.165) is 35.0 Å². The lowest BCUT2D eigenvalue weighted by Gasteiger charge is -2.49. The molecule has 0 aromatic heterocycles. The molecule has 0 bridgehead atoms. The summed E-state index contributed by atoms with van der Waals surface area (Å²) in [6.07, 6.45) is 2.82. The zero-order chi connectivity index (χ0) is 14.4. The van der Waals surface area contributed by atoms with Gasteiger partial charge in [-0.2, -0.15) is 0 Å². The molecule has 2 aliphatic heterocycles. The number of hydrogen-bond acceptors (Lipinski definition) is 3. The van der Waals surface area contributed by atoms with E-state index in [-0.39, 0.29) is 11.2 Å². The van der Waals surface area contributed by atoms with Crippen molar-refractivity contribution >= 4 is 15.9 Å². The molecule has 1 fully saturated rings. The highest BCUT2D eigenvalue weighted by Gasteiger charge is 2.48. The molecule has 0 saturated carbocycles. The summed E-state index contributed by atoms with van der Waals surface area (Å²) in [5, 5.41) is 10.5. The Morgan fingerprint density at radius 2 is 2.25 bits per heavy atom. The number of fused-ring (bicyclic) bond motifs is 1. The minimum Gasteiger partial charge on any atom is -0.487 e. The van der Waals surface area contributed by atoms with E-state index < -0.39 is 6.10 Å². The van der Waals surface area contributed by atoms with Gasteiger partial charge in [-0.05, 0) is 31.5 Å². The summed E-state index contributed by atoms with van der Waals surface area (Å²) in [6.45, 7) is 4.98. The molecule has 0 amide bonds. The summed E-state index contributed by atoms with van der Waals surface area (Å²) in [4.78, 5) is 0. The first-order valence-electron chi connectivity index (χ1n) is 7.26. The number of aliphatic hydroxyl groups excluding tert-OH is 1. The molecule has 110 valence electrons. The lowest BCUT2D eigenvalue weighted by Crippen LogP contribution is -2.52. The van der Waals surface area contributed by atoms with Crippen LogP contribution in [0.5, 0.6) is 5.75 Å².